The van der Waals surface area contributed by atoms with Crippen LogP contribution in [0.25, 0.3) is 0 Å². The number of hydrogen-bond donors (Lipinski definition) is 1. The van der Waals surface area contributed by atoms with Crippen molar-refractivity contribution >= 4 is 0 Å². The lowest BCUT2D eigenvalue weighted by Crippen LogP contribution is -2.25. The van der Waals surface area contributed by atoms with Gasteiger partial charge in [-0.1, -0.05) is 25.7 Å². The number of ether oxygens (including phenoxy) is 1. The molecule has 0 aromatic heterocycles. The van der Waals surface area contributed by atoms with Gasteiger partial charge in [0.2, 0.25) is 0 Å². The maximum absolute atomic E-state index is 8.78. The van der Waals surface area contributed by atoms with E-state index in [0.29, 0.717) is 0 Å². The average molecular weight is 275 g/mol. The molecular formula is C17H25NO2. The second-order valence-corrected chi connectivity index (χ2v) is 4.76. The van der Waals surface area contributed by atoms with Crippen LogP contribution < -0.4 is 4.74 Å². The van der Waals surface area contributed by atoms with Gasteiger partial charge in [0.1, 0.15) is 12.4 Å². The minimum atomic E-state index is -0.112. The molecule has 1 N–H and O–H groups in total. The second kappa shape index (κ2) is 9.41. The van der Waals surface area contributed by atoms with Crippen LogP contribution in [-0.4, -0.2) is 36.8 Å². The molecule has 0 spiro atoms. The summed E-state index contributed by atoms with van der Waals surface area (Å²) in [5.41, 5.74) is 2.07. The first-order valence-electron chi connectivity index (χ1n) is 7.24. The zero-order valence-corrected chi connectivity index (χ0v) is 12.8. The van der Waals surface area contributed by atoms with Crippen LogP contribution in [0.3, 0.4) is 0 Å². The fourth-order valence-corrected chi connectivity index (χ4v) is 2.26. The van der Waals surface area contributed by atoms with Gasteiger partial charge in [0, 0.05) is 17.7 Å². The normalized spacial score (nSPS) is 10.2. The quantitative estimate of drug-likeness (QED) is 0.777. The highest BCUT2D eigenvalue weighted by molar-refractivity contribution is 5.44. The molecule has 20 heavy (non-hydrogen) atoms. The molecule has 0 fully saturated rings. The molecule has 0 aliphatic rings. The Morgan fingerprint density at radius 1 is 1.20 bits per heavy atom. The number of aliphatic hydroxyl groups excluding tert-OH is 1. The van der Waals surface area contributed by atoms with E-state index in [1.807, 2.05) is 12.1 Å². The molecule has 1 aromatic rings. The molecule has 0 bridgehead atoms. The van der Waals surface area contributed by atoms with Gasteiger partial charge in [0.25, 0.3) is 0 Å². The van der Waals surface area contributed by atoms with E-state index in [2.05, 4.69) is 36.7 Å². The zero-order valence-electron chi connectivity index (χ0n) is 12.8. The predicted molar refractivity (Wildman–Crippen MR) is 82.8 cm³/mol. The molecule has 0 atom stereocenters. The minimum Gasteiger partial charge on any atom is -0.496 e. The largest absolute Gasteiger partial charge is 0.496 e. The molecule has 0 unspecified atom stereocenters. The third-order valence-corrected chi connectivity index (χ3v) is 3.07. The first-order chi connectivity index (χ1) is 9.74. The van der Waals surface area contributed by atoms with Crippen molar-refractivity contribution in [1.29, 1.82) is 0 Å². The molecule has 1 aromatic carbocycles. The van der Waals surface area contributed by atoms with Crippen molar-refractivity contribution in [3.05, 3.63) is 29.3 Å². The molecule has 0 aliphatic heterocycles. The third kappa shape index (κ3) is 5.24. The molecule has 3 heteroatoms. The second-order valence-electron chi connectivity index (χ2n) is 4.76. The van der Waals surface area contributed by atoms with Gasteiger partial charge in [-0.2, -0.15) is 0 Å². The summed E-state index contributed by atoms with van der Waals surface area (Å²) in [7, 11) is 1.70. The third-order valence-electron chi connectivity index (χ3n) is 3.07. The van der Waals surface area contributed by atoms with Gasteiger partial charge in [-0.15, -0.1) is 0 Å². The topological polar surface area (TPSA) is 32.7 Å². The Hall–Kier alpha value is -1.50. The van der Waals surface area contributed by atoms with Crippen LogP contribution >= 0.6 is 0 Å². The molecule has 1 rings (SSSR count). The Bertz CT molecular complexity index is 454. The van der Waals surface area contributed by atoms with Gasteiger partial charge >= 0.3 is 0 Å². The SMILES string of the molecule is CCCN(CCC)Cc1cc(C#CCO)ccc1OC. The average Bonchev–Trinajstić information content (AvgIpc) is 2.46. The van der Waals surface area contributed by atoms with Crippen LogP contribution in [0.2, 0.25) is 0 Å². The van der Waals surface area contributed by atoms with Crippen molar-refractivity contribution in [2.75, 3.05) is 26.8 Å². The molecular weight excluding hydrogens is 250 g/mol. The summed E-state index contributed by atoms with van der Waals surface area (Å²) in [6.07, 6.45) is 2.29. The summed E-state index contributed by atoms with van der Waals surface area (Å²) in [6, 6.07) is 5.93. The van der Waals surface area contributed by atoms with E-state index in [-0.39, 0.29) is 6.61 Å². The fraction of sp³-hybridized carbons (Fsp3) is 0.529. The standard InChI is InChI=1S/C17H25NO2/c1-4-10-18(11-5-2)14-16-13-15(7-6-12-19)8-9-17(16)20-3/h8-9,13,19H,4-5,10-12,14H2,1-3H3. The summed E-state index contributed by atoms with van der Waals surface area (Å²) in [6.45, 7) is 7.33. The lowest BCUT2D eigenvalue weighted by molar-refractivity contribution is 0.262. The van der Waals surface area contributed by atoms with Crippen molar-refractivity contribution in [1.82, 2.24) is 4.90 Å². The van der Waals surface area contributed by atoms with Crippen molar-refractivity contribution in [3.63, 3.8) is 0 Å². The fourth-order valence-electron chi connectivity index (χ4n) is 2.26. The van der Waals surface area contributed by atoms with E-state index in [1.54, 1.807) is 7.11 Å². The van der Waals surface area contributed by atoms with Gasteiger partial charge in [-0.3, -0.25) is 4.90 Å². The van der Waals surface area contributed by atoms with Crippen LogP contribution in [0.4, 0.5) is 0 Å². The van der Waals surface area contributed by atoms with Crippen molar-refractivity contribution in [3.8, 4) is 17.6 Å². The highest BCUT2D eigenvalue weighted by atomic mass is 16.5. The lowest BCUT2D eigenvalue weighted by atomic mass is 10.1. The van der Waals surface area contributed by atoms with Crippen molar-refractivity contribution in [2.24, 2.45) is 0 Å². The first kappa shape index (κ1) is 16.6. The number of rotatable bonds is 7. The van der Waals surface area contributed by atoms with Crippen LogP contribution in [0.5, 0.6) is 5.75 Å². The Morgan fingerprint density at radius 3 is 2.45 bits per heavy atom. The minimum absolute atomic E-state index is 0.112. The summed E-state index contributed by atoms with van der Waals surface area (Å²) >= 11 is 0. The van der Waals surface area contributed by atoms with Gasteiger partial charge in [0.15, 0.2) is 0 Å². The van der Waals surface area contributed by atoms with E-state index < -0.39 is 0 Å². The number of hydrogen-bond acceptors (Lipinski definition) is 3. The van der Waals surface area contributed by atoms with Gasteiger partial charge in [-0.05, 0) is 44.1 Å². The number of benzene rings is 1. The predicted octanol–water partition coefficient (Wildman–Crippen LogP) is 2.66. The zero-order chi connectivity index (χ0) is 14.8. The van der Waals surface area contributed by atoms with E-state index in [9.17, 15) is 0 Å². The Labute approximate surface area is 122 Å². The number of nitrogens with zero attached hydrogens (tertiary/aromatic N) is 1. The number of aliphatic hydroxyl groups is 1. The highest BCUT2D eigenvalue weighted by Gasteiger charge is 2.09. The number of methoxy groups -OCH3 is 1. The summed E-state index contributed by atoms with van der Waals surface area (Å²) < 4.78 is 5.44. The Balaban J connectivity index is 2.94. The summed E-state index contributed by atoms with van der Waals surface area (Å²) in [4.78, 5) is 2.43. The first-order valence-corrected chi connectivity index (χ1v) is 7.24. The molecule has 0 saturated heterocycles. The monoisotopic (exact) mass is 275 g/mol. The van der Waals surface area contributed by atoms with E-state index in [0.717, 1.165) is 49.4 Å². The Kier molecular flexibility index (Phi) is 7.79. The molecule has 0 aliphatic carbocycles. The van der Waals surface area contributed by atoms with Crippen LogP contribution in [0.1, 0.15) is 37.8 Å². The van der Waals surface area contributed by atoms with Gasteiger partial charge < -0.3 is 9.84 Å². The van der Waals surface area contributed by atoms with Gasteiger partial charge in [-0.25, -0.2) is 0 Å². The maximum Gasteiger partial charge on any atom is 0.123 e. The molecule has 110 valence electrons. The Morgan fingerprint density at radius 2 is 1.90 bits per heavy atom. The molecule has 0 amide bonds. The molecule has 0 radical (unpaired) electrons. The lowest BCUT2D eigenvalue weighted by Gasteiger charge is -2.22. The highest BCUT2D eigenvalue weighted by Crippen LogP contribution is 2.21. The van der Waals surface area contributed by atoms with Crippen LogP contribution in [-0.2, 0) is 6.54 Å². The summed E-state index contributed by atoms with van der Waals surface area (Å²) in [5, 5.41) is 8.78. The summed E-state index contributed by atoms with van der Waals surface area (Å²) in [5.74, 6) is 6.53. The maximum atomic E-state index is 8.78. The van der Waals surface area contributed by atoms with Crippen LogP contribution in [0.15, 0.2) is 18.2 Å². The van der Waals surface area contributed by atoms with Crippen molar-refractivity contribution in [2.45, 2.75) is 33.2 Å². The van der Waals surface area contributed by atoms with Crippen molar-refractivity contribution < 1.29 is 9.84 Å². The molecule has 3 nitrogen and oxygen atoms in total. The van der Waals surface area contributed by atoms with Gasteiger partial charge in [0.05, 0.1) is 7.11 Å². The molecule has 0 saturated carbocycles. The van der Waals surface area contributed by atoms with E-state index in [4.69, 9.17) is 9.84 Å². The van der Waals surface area contributed by atoms with E-state index in [1.165, 1.54) is 0 Å². The van der Waals surface area contributed by atoms with Crippen LogP contribution in [0, 0.1) is 11.8 Å². The van der Waals surface area contributed by atoms with E-state index >= 15 is 0 Å². The smallest absolute Gasteiger partial charge is 0.123 e. The molecule has 0 heterocycles.